The Hall–Kier alpha value is -0.0800. The van der Waals surface area contributed by atoms with Gasteiger partial charge in [-0.15, -0.1) is 0 Å². The summed E-state index contributed by atoms with van der Waals surface area (Å²) in [7, 11) is 0. The van der Waals surface area contributed by atoms with Crippen molar-refractivity contribution in [3.05, 3.63) is 0 Å². The van der Waals surface area contributed by atoms with Gasteiger partial charge in [-0.3, -0.25) is 0 Å². The quantitative estimate of drug-likeness (QED) is 0.717. The number of ether oxygens (including phenoxy) is 1. The first kappa shape index (κ1) is 13.9. The molecule has 0 aromatic carbocycles. The van der Waals surface area contributed by atoms with E-state index >= 15 is 0 Å². The first-order valence-corrected chi connectivity index (χ1v) is 5.68. The van der Waals surface area contributed by atoms with Gasteiger partial charge in [0, 0.05) is 5.54 Å². The van der Waals surface area contributed by atoms with Gasteiger partial charge in [0.15, 0.2) is 0 Å². The predicted molar refractivity (Wildman–Crippen MR) is 62.4 cm³/mol. The molecular formula is C12H27NO. The van der Waals surface area contributed by atoms with Gasteiger partial charge in [-0.05, 0) is 39.5 Å². The van der Waals surface area contributed by atoms with Gasteiger partial charge in [0.1, 0.15) is 0 Å². The average Bonchev–Trinajstić information content (AvgIpc) is 2.14. The summed E-state index contributed by atoms with van der Waals surface area (Å²) >= 11 is 0. The second kappa shape index (κ2) is 5.13. The van der Waals surface area contributed by atoms with E-state index in [2.05, 4.69) is 41.5 Å². The van der Waals surface area contributed by atoms with E-state index in [4.69, 9.17) is 10.5 Å². The van der Waals surface area contributed by atoms with Crippen LogP contribution in [0.15, 0.2) is 0 Å². The van der Waals surface area contributed by atoms with Crippen LogP contribution in [0.2, 0.25) is 0 Å². The lowest BCUT2D eigenvalue weighted by molar-refractivity contribution is -0.0453. The summed E-state index contributed by atoms with van der Waals surface area (Å²) in [6.07, 6.45) is 2.03. The molecule has 0 aliphatic carbocycles. The van der Waals surface area contributed by atoms with Gasteiger partial charge in [0.2, 0.25) is 0 Å². The van der Waals surface area contributed by atoms with Crippen LogP contribution in [0.3, 0.4) is 0 Å². The maximum Gasteiger partial charge on any atom is 0.0624 e. The van der Waals surface area contributed by atoms with Crippen molar-refractivity contribution in [1.29, 1.82) is 0 Å². The molecule has 2 unspecified atom stereocenters. The molecule has 2 N–H and O–H groups in total. The topological polar surface area (TPSA) is 35.2 Å². The Kier molecular flexibility index (Phi) is 5.10. The first-order chi connectivity index (χ1) is 6.25. The third-order valence-electron chi connectivity index (χ3n) is 3.46. The summed E-state index contributed by atoms with van der Waals surface area (Å²) in [6.45, 7) is 13.5. The van der Waals surface area contributed by atoms with Gasteiger partial charge in [0.05, 0.1) is 12.2 Å². The molecule has 86 valence electrons. The minimum atomic E-state index is -0.107. The van der Waals surface area contributed by atoms with Crippen LogP contribution in [-0.2, 0) is 4.74 Å². The highest BCUT2D eigenvalue weighted by Crippen LogP contribution is 2.21. The third-order valence-corrected chi connectivity index (χ3v) is 3.46. The summed E-state index contributed by atoms with van der Waals surface area (Å²) in [6, 6.07) is 0. The molecule has 2 nitrogen and oxygen atoms in total. The zero-order valence-electron chi connectivity index (χ0n) is 10.7. The van der Waals surface area contributed by atoms with Crippen LogP contribution in [0.1, 0.15) is 54.4 Å². The largest absolute Gasteiger partial charge is 0.375 e. The molecule has 2 heteroatoms. The molecule has 0 saturated heterocycles. The second-order valence-corrected chi connectivity index (χ2v) is 5.18. The van der Waals surface area contributed by atoms with Gasteiger partial charge >= 0.3 is 0 Å². The molecule has 0 aliphatic rings. The molecule has 0 saturated carbocycles. The van der Waals surface area contributed by atoms with Crippen LogP contribution in [0, 0.1) is 5.92 Å². The Morgan fingerprint density at radius 2 is 1.64 bits per heavy atom. The van der Waals surface area contributed by atoms with E-state index in [-0.39, 0.29) is 11.1 Å². The van der Waals surface area contributed by atoms with Crippen LogP contribution in [0.25, 0.3) is 0 Å². The van der Waals surface area contributed by atoms with E-state index in [0.717, 1.165) is 19.4 Å². The molecule has 0 spiro atoms. The summed E-state index contributed by atoms with van der Waals surface area (Å²) in [5.74, 6) is 0.401. The number of hydrogen-bond acceptors (Lipinski definition) is 2. The number of rotatable bonds is 6. The fourth-order valence-electron chi connectivity index (χ4n) is 0.991. The van der Waals surface area contributed by atoms with Gasteiger partial charge in [0.25, 0.3) is 0 Å². The molecule has 0 aromatic rings. The fourth-order valence-corrected chi connectivity index (χ4v) is 0.991. The van der Waals surface area contributed by atoms with Gasteiger partial charge in [-0.25, -0.2) is 0 Å². The van der Waals surface area contributed by atoms with Crippen molar-refractivity contribution >= 4 is 0 Å². The van der Waals surface area contributed by atoms with Gasteiger partial charge in [-0.2, -0.15) is 0 Å². The van der Waals surface area contributed by atoms with Crippen molar-refractivity contribution in [3.8, 4) is 0 Å². The molecular weight excluding hydrogens is 174 g/mol. The van der Waals surface area contributed by atoms with E-state index in [1.54, 1.807) is 0 Å². The standard InChI is InChI=1S/C12H27NO/c1-7-11(4,5)14-9-10(3)12(6,13)8-2/h10H,7-9,13H2,1-6H3. The highest BCUT2D eigenvalue weighted by atomic mass is 16.5. The Labute approximate surface area is 89.2 Å². The molecule has 0 aromatic heterocycles. The van der Waals surface area contributed by atoms with Crippen LogP contribution >= 0.6 is 0 Å². The monoisotopic (exact) mass is 201 g/mol. The highest BCUT2D eigenvalue weighted by Gasteiger charge is 2.26. The lowest BCUT2D eigenvalue weighted by atomic mass is 9.86. The number of nitrogens with two attached hydrogens (primary N) is 1. The van der Waals surface area contributed by atoms with Crippen molar-refractivity contribution in [3.63, 3.8) is 0 Å². The lowest BCUT2D eigenvalue weighted by Crippen LogP contribution is -2.45. The highest BCUT2D eigenvalue weighted by molar-refractivity contribution is 4.83. The molecule has 0 aliphatic heterocycles. The number of hydrogen-bond donors (Lipinski definition) is 1. The zero-order chi connectivity index (χ0) is 11.4. The Morgan fingerprint density at radius 3 is 2.00 bits per heavy atom. The molecule has 0 rings (SSSR count). The normalized spacial score (nSPS) is 19.1. The van der Waals surface area contributed by atoms with E-state index in [9.17, 15) is 0 Å². The van der Waals surface area contributed by atoms with E-state index in [0.29, 0.717) is 5.92 Å². The van der Waals surface area contributed by atoms with Crippen LogP contribution < -0.4 is 5.73 Å². The third kappa shape index (κ3) is 4.43. The molecule has 0 fully saturated rings. The minimum Gasteiger partial charge on any atom is -0.375 e. The molecule has 0 bridgehead atoms. The van der Waals surface area contributed by atoms with Gasteiger partial charge in [-0.1, -0.05) is 20.8 Å². The van der Waals surface area contributed by atoms with Crippen molar-refractivity contribution < 1.29 is 4.74 Å². The fraction of sp³-hybridized carbons (Fsp3) is 1.00. The van der Waals surface area contributed by atoms with E-state index in [1.165, 1.54) is 0 Å². The summed E-state index contributed by atoms with van der Waals surface area (Å²) < 4.78 is 5.85. The molecule has 0 heterocycles. The molecule has 14 heavy (non-hydrogen) atoms. The van der Waals surface area contributed by atoms with Crippen molar-refractivity contribution in [2.24, 2.45) is 11.7 Å². The Balaban J connectivity index is 4.02. The van der Waals surface area contributed by atoms with Crippen LogP contribution in [0.5, 0.6) is 0 Å². The van der Waals surface area contributed by atoms with E-state index < -0.39 is 0 Å². The van der Waals surface area contributed by atoms with Crippen molar-refractivity contribution in [1.82, 2.24) is 0 Å². The minimum absolute atomic E-state index is 0.0158. The first-order valence-electron chi connectivity index (χ1n) is 5.68. The Morgan fingerprint density at radius 1 is 1.14 bits per heavy atom. The molecule has 0 radical (unpaired) electrons. The van der Waals surface area contributed by atoms with Crippen LogP contribution in [0.4, 0.5) is 0 Å². The SMILES string of the molecule is CCC(C)(C)OCC(C)C(C)(N)CC. The van der Waals surface area contributed by atoms with Crippen molar-refractivity contribution in [2.75, 3.05) is 6.61 Å². The summed E-state index contributed by atoms with van der Waals surface area (Å²) in [4.78, 5) is 0. The maximum atomic E-state index is 6.15. The van der Waals surface area contributed by atoms with Crippen molar-refractivity contribution in [2.45, 2.75) is 65.5 Å². The Bertz CT molecular complexity index is 164. The lowest BCUT2D eigenvalue weighted by Gasteiger charge is -2.33. The summed E-state index contributed by atoms with van der Waals surface area (Å²) in [5, 5.41) is 0. The average molecular weight is 201 g/mol. The smallest absolute Gasteiger partial charge is 0.0624 e. The predicted octanol–water partition coefficient (Wildman–Crippen LogP) is 2.96. The van der Waals surface area contributed by atoms with Gasteiger partial charge < -0.3 is 10.5 Å². The second-order valence-electron chi connectivity index (χ2n) is 5.18. The van der Waals surface area contributed by atoms with E-state index in [1.807, 2.05) is 0 Å². The zero-order valence-corrected chi connectivity index (χ0v) is 10.7. The summed E-state index contributed by atoms with van der Waals surface area (Å²) in [5.41, 5.74) is 6.03. The van der Waals surface area contributed by atoms with Crippen LogP contribution in [-0.4, -0.2) is 17.7 Å². The molecule has 2 atom stereocenters. The maximum absolute atomic E-state index is 6.15. The molecule has 0 amide bonds.